The lowest BCUT2D eigenvalue weighted by molar-refractivity contribution is 0.952. The summed E-state index contributed by atoms with van der Waals surface area (Å²) in [4.78, 5) is 4.52. The molecule has 0 aliphatic heterocycles. The van der Waals surface area contributed by atoms with Gasteiger partial charge in [0.05, 0.1) is 5.69 Å². The van der Waals surface area contributed by atoms with Crippen molar-refractivity contribution < 1.29 is 0 Å². The Balaban J connectivity index is 2.50. The second-order valence-electron chi connectivity index (χ2n) is 3.81. The van der Waals surface area contributed by atoms with E-state index in [1.54, 1.807) is 0 Å². The van der Waals surface area contributed by atoms with Crippen LogP contribution in [0.15, 0.2) is 30.3 Å². The molecule has 0 aliphatic rings. The highest BCUT2D eigenvalue weighted by atomic mass is 15.0. The zero-order valence-electron chi connectivity index (χ0n) is 9.53. The van der Waals surface area contributed by atoms with Crippen molar-refractivity contribution in [3.63, 3.8) is 0 Å². The van der Waals surface area contributed by atoms with E-state index in [9.17, 15) is 0 Å². The van der Waals surface area contributed by atoms with Crippen LogP contribution in [0.25, 0.3) is 10.8 Å². The normalized spacial score (nSPS) is 10.6. The monoisotopic (exact) mass is 215 g/mol. The van der Waals surface area contributed by atoms with Gasteiger partial charge in [0.15, 0.2) is 0 Å². The van der Waals surface area contributed by atoms with Gasteiger partial charge in [-0.3, -0.25) is 0 Å². The number of hydrogen-bond acceptors (Lipinski definition) is 3. The summed E-state index contributed by atoms with van der Waals surface area (Å²) < 4.78 is 0. The molecule has 0 amide bonds. The van der Waals surface area contributed by atoms with Crippen LogP contribution in [-0.4, -0.2) is 11.5 Å². The van der Waals surface area contributed by atoms with Crippen molar-refractivity contribution in [3.05, 3.63) is 36.0 Å². The van der Waals surface area contributed by atoms with Crippen LogP contribution in [0.3, 0.4) is 0 Å². The Labute approximate surface area is 95.7 Å². The first-order valence-electron chi connectivity index (χ1n) is 5.67. The highest BCUT2D eigenvalue weighted by Crippen LogP contribution is 2.22. The molecule has 16 heavy (non-hydrogen) atoms. The smallest absolute Gasteiger partial charge is 0.134 e. The summed E-state index contributed by atoms with van der Waals surface area (Å²) in [5.41, 5.74) is 6.58. The third-order valence-corrected chi connectivity index (χ3v) is 2.55. The van der Waals surface area contributed by atoms with E-state index in [4.69, 9.17) is 5.73 Å². The molecule has 0 aliphatic carbocycles. The van der Waals surface area contributed by atoms with Crippen LogP contribution in [0.2, 0.25) is 0 Å². The maximum absolute atomic E-state index is 5.65. The molecule has 3 N–H and O–H groups in total. The highest BCUT2D eigenvalue weighted by molar-refractivity contribution is 5.92. The molecular weight excluding hydrogens is 198 g/mol. The Morgan fingerprint density at radius 3 is 2.88 bits per heavy atom. The predicted octanol–water partition coefficient (Wildman–Crippen LogP) is 2.52. The molecule has 2 rings (SSSR count). The summed E-state index contributed by atoms with van der Waals surface area (Å²) in [5, 5.41) is 5.70. The zero-order chi connectivity index (χ0) is 11.4. The summed E-state index contributed by atoms with van der Waals surface area (Å²) >= 11 is 0. The lowest BCUT2D eigenvalue weighted by Crippen LogP contribution is -2.06. The number of nitrogens with two attached hydrogens (primary N) is 1. The van der Waals surface area contributed by atoms with Crippen molar-refractivity contribution in [1.29, 1.82) is 0 Å². The van der Waals surface area contributed by atoms with Gasteiger partial charge in [0, 0.05) is 18.5 Å². The lowest BCUT2D eigenvalue weighted by Gasteiger charge is -2.09. The van der Waals surface area contributed by atoms with Gasteiger partial charge in [-0.2, -0.15) is 0 Å². The molecule has 0 bridgehead atoms. The van der Waals surface area contributed by atoms with Crippen molar-refractivity contribution in [3.8, 4) is 0 Å². The highest BCUT2D eigenvalue weighted by Gasteiger charge is 2.03. The van der Waals surface area contributed by atoms with Gasteiger partial charge in [0.2, 0.25) is 0 Å². The van der Waals surface area contributed by atoms with Crippen molar-refractivity contribution in [2.75, 3.05) is 11.9 Å². The van der Waals surface area contributed by atoms with E-state index < -0.39 is 0 Å². The number of benzene rings is 1. The van der Waals surface area contributed by atoms with E-state index in [0.29, 0.717) is 6.54 Å². The molecule has 0 atom stereocenters. The molecule has 2 aromatic rings. The zero-order valence-corrected chi connectivity index (χ0v) is 9.53. The number of hydrogen-bond donors (Lipinski definition) is 2. The van der Waals surface area contributed by atoms with E-state index in [-0.39, 0.29) is 0 Å². The topological polar surface area (TPSA) is 50.9 Å². The minimum atomic E-state index is 0.478. The minimum Gasteiger partial charge on any atom is -0.370 e. The van der Waals surface area contributed by atoms with Gasteiger partial charge in [-0.25, -0.2) is 4.98 Å². The molecule has 1 aromatic heterocycles. The SMILES string of the molecule is CCCNc1nc(CN)cc2ccccc12. The van der Waals surface area contributed by atoms with Crippen molar-refractivity contribution >= 4 is 16.6 Å². The number of fused-ring (bicyclic) bond motifs is 1. The summed E-state index contributed by atoms with van der Waals surface area (Å²) in [5.74, 6) is 0.945. The molecule has 0 fully saturated rings. The van der Waals surface area contributed by atoms with Crippen LogP contribution in [0.5, 0.6) is 0 Å². The average molecular weight is 215 g/mol. The van der Waals surface area contributed by atoms with Gasteiger partial charge in [-0.05, 0) is 17.9 Å². The fourth-order valence-electron chi connectivity index (χ4n) is 1.74. The number of aromatic nitrogens is 1. The van der Waals surface area contributed by atoms with Crippen LogP contribution in [0.1, 0.15) is 19.0 Å². The first-order valence-corrected chi connectivity index (χ1v) is 5.67. The lowest BCUT2D eigenvalue weighted by atomic mass is 10.1. The molecule has 3 heteroatoms. The standard InChI is InChI=1S/C13H17N3/c1-2-7-15-13-12-6-4-3-5-10(12)8-11(9-14)16-13/h3-6,8H,2,7,9,14H2,1H3,(H,15,16). The van der Waals surface area contributed by atoms with Crippen LogP contribution in [0.4, 0.5) is 5.82 Å². The maximum atomic E-state index is 5.65. The Morgan fingerprint density at radius 1 is 1.31 bits per heavy atom. The Hall–Kier alpha value is -1.61. The Morgan fingerprint density at radius 2 is 2.12 bits per heavy atom. The number of rotatable bonds is 4. The van der Waals surface area contributed by atoms with E-state index in [1.807, 2.05) is 18.2 Å². The minimum absolute atomic E-state index is 0.478. The third-order valence-electron chi connectivity index (χ3n) is 2.55. The van der Waals surface area contributed by atoms with Crippen molar-refractivity contribution in [2.24, 2.45) is 5.73 Å². The number of nitrogens with zero attached hydrogens (tertiary/aromatic N) is 1. The number of pyridine rings is 1. The quantitative estimate of drug-likeness (QED) is 0.824. The summed E-state index contributed by atoms with van der Waals surface area (Å²) in [6.45, 7) is 3.55. The molecule has 3 nitrogen and oxygen atoms in total. The third kappa shape index (κ3) is 2.14. The molecule has 0 saturated carbocycles. The first-order chi connectivity index (χ1) is 7.85. The second kappa shape index (κ2) is 4.94. The summed E-state index contributed by atoms with van der Waals surface area (Å²) in [6, 6.07) is 10.3. The molecular formula is C13H17N3. The van der Waals surface area contributed by atoms with Gasteiger partial charge in [0.1, 0.15) is 5.82 Å². The fourth-order valence-corrected chi connectivity index (χ4v) is 1.74. The molecule has 1 heterocycles. The van der Waals surface area contributed by atoms with Crippen LogP contribution in [-0.2, 0) is 6.54 Å². The van der Waals surface area contributed by atoms with Crippen molar-refractivity contribution in [2.45, 2.75) is 19.9 Å². The number of anilines is 1. The van der Waals surface area contributed by atoms with Gasteiger partial charge in [-0.15, -0.1) is 0 Å². The summed E-state index contributed by atoms with van der Waals surface area (Å²) in [7, 11) is 0. The van der Waals surface area contributed by atoms with Gasteiger partial charge < -0.3 is 11.1 Å². The fraction of sp³-hybridized carbons (Fsp3) is 0.308. The average Bonchev–Trinajstić information content (AvgIpc) is 2.35. The van der Waals surface area contributed by atoms with E-state index in [1.165, 1.54) is 5.39 Å². The number of nitrogens with one attached hydrogen (secondary N) is 1. The molecule has 84 valence electrons. The maximum Gasteiger partial charge on any atom is 0.134 e. The van der Waals surface area contributed by atoms with Crippen LogP contribution in [0, 0.1) is 0 Å². The van der Waals surface area contributed by atoms with E-state index in [0.717, 1.165) is 29.9 Å². The predicted molar refractivity (Wildman–Crippen MR) is 68.4 cm³/mol. The Bertz CT molecular complexity index is 480. The van der Waals surface area contributed by atoms with Crippen LogP contribution < -0.4 is 11.1 Å². The molecule has 0 spiro atoms. The van der Waals surface area contributed by atoms with E-state index in [2.05, 4.69) is 29.4 Å². The Kier molecular flexibility index (Phi) is 3.37. The first kappa shape index (κ1) is 10.9. The van der Waals surface area contributed by atoms with Gasteiger partial charge >= 0.3 is 0 Å². The summed E-state index contributed by atoms with van der Waals surface area (Å²) in [6.07, 6.45) is 1.09. The van der Waals surface area contributed by atoms with E-state index >= 15 is 0 Å². The molecule has 0 radical (unpaired) electrons. The molecule has 0 saturated heterocycles. The molecule has 1 aromatic carbocycles. The van der Waals surface area contributed by atoms with Gasteiger partial charge in [-0.1, -0.05) is 31.2 Å². The van der Waals surface area contributed by atoms with Crippen LogP contribution >= 0.6 is 0 Å². The second-order valence-corrected chi connectivity index (χ2v) is 3.81. The van der Waals surface area contributed by atoms with Gasteiger partial charge in [0.25, 0.3) is 0 Å². The van der Waals surface area contributed by atoms with Crippen molar-refractivity contribution in [1.82, 2.24) is 4.98 Å². The molecule has 0 unspecified atom stereocenters. The largest absolute Gasteiger partial charge is 0.370 e.